The molecule has 0 atom stereocenters. The largest absolute Gasteiger partial charge is 0.135 e. The van der Waals surface area contributed by atoms with Gasteiger partial charge in [0.15, 0.2) is 0 Å². The van der Waals surface area contributed by atoms with Crippen molar-refractivity contribution in [3.05, 3.63) is 170 Å². The van der Waals surface area contributed by atoms with Gasteiger partial charge in [-0.3, -0.25) is 0 Å². The Kier molecular flexibility index (Phi) is 4.35. The van der Waals surface area contributed by atoms with Crippen LogP contribution in [0.15, 0.2) is 170 Å². The van der Waals surface area contributed by atoms with E-state index in [1.807, 2.05) is 91.0 Å². The zero-order chi connectivity index (χ0) is 37.9. The zero-order valence-corrected chi connectivity index (χ0v) is 25.8. The van der Waals surface area contributed by atoms with Crippen LogP contribution in [0.1, 0.15) is 11.0 Å². The van der Waals surface area contributed by atoms with Crippen LogP contribution in [0.2, 0.25) is 0 Å². The molecule has 0 saturated heterocycles. The van der Waals surface area contributed by atoms with Gasteiger partial charge in [-0.05, 0) is 88.6 Å². The SMILES string of the molecule is [2H]c1c([2H])c([2H])c2c(-c3cc4sc5ccc6ccccc6c5c4c4ccccc34)c3c([2H])c([2H])c([2H])c([2H])c3c(-c3ccc(-c4ccccc4)cc3)c2c1[2H]. The highest BCUT2D eigenvalue weighted by Crippen LogP contribution is 2.49. The second-order valence-corrected chi connectivity index (χ2v) is 12.9. The molecule has 1 heterocycles. The van der Waals surface area contributed by atoms with Crippen LogP contribution in [0.3, 0.4) is 0 Å². The first-order valence-electron chi connectivity index (χ1n) is 19.5. The third-order valence-corrected chi connectivity index (χ3v) is 10.4. The van der Waals surface area contributed by atoms with Crippen LogP contribution >= 0.6 is 11.3 Å². The smallest absolute Gasteiger partial charge is 0.0629 e. The Labute approximate surface area is 288 Å². The van der Waals surface area contributed by atoms with Gasteiger partial charge in [-0.2, -0.15) is 0 Å². The molecule has 218 valence electrons. The summed E-state index contributed by atoms with van der Waals surface area (Å²) < 4.78 is 75.4. The quantitative estimate of drug-likeness (QED) is 0.172. The average molecular weight is 621 g/mol. The summed E-state index contributed by atoms with van der Waals surface area (Å²) in [6.07, 6.45) is 0. The lowest BCUT2D eigenvalue weighted by Gasteiger charge is -2.19. The molecule has 0 saturated carbocycles. The molecule has 0 aliphatic heterocycles. The molecule has 9 aromatic carbocycles. The topological polar surface area (TPSA) is 0 Å². The molecule has 47 heavy (non-hydrogen) atoms. The predicted octanol–water partition coefficient (Wildman–Crippen LogP) is 13.7. The Morgan fingerprint density at radius 1 is 0.383 bits per heavy atom. The van der Waals surface area contributed by atoms with Crippen LogP contribution in [-0.2, 0) is 0 Å². The number of thiophene rings is 1. The van der Waals surface area contributed by atoms with Gasteiger partial charge < -0.3 is 0 Å². The minimum atomic E-state index is -0.414. The first-order valence-corrected chi connectivity index (χ1v) is 16.3. The maximum absolute atomic E-state index is 9.49. The maximum Gasteiger partial charge on any atom is 0.0629 e. The molecule has 0 aliphatic rings. The predicted molar refractivity (Wildman–Crippen MR) is 206 cm³/mol. The second-order valence-electron chi connectivity index (χ2n) is 11.8. The summed E-state index contributed by atoms with van der Waals surface area (Å²) in [5, 5.41) is 7.05. The summed E-state index contributed by atoms with van der Waals surface area (Å²) in [7, 11) is 0. The number of rotatable bonds is 3. The molecule has 0 aliphatic carbocycles. The second kappa shape index (κ2) is 10.4. The Balaban J connectivity index is 1.43. The van der Waals surface area contributed by atoms with Gasteiger partial charge in [-0.25, -0.2) is 0 Å². The standard InChI is InChI=1S/C46H28S/c1-2-12-29(13-3-1)30-22-24-32(25-23-30)43-36-18-8-10-20-38(36)44(39-21-11-9-19-37(39)43)40-28-42-46(35-17-7-6-16-34(35)40)45-33-15-5-4-14-31(33)26-27-41(45)47-42/h1-28H/i8D,9D,10D,11D,18D,19D,20D,21D. The highest BCUT2D eigenvalue weighted by Gasteiger charge is 2.20. The zero-order valence-electron chi connectivity index (χ0n) is 33.0. The summed E-state index contributed by atoms with van der Waals surface area (Å²) in [5.74, 6) is 0. The summed E-state index contributed by atoms with van der Waals surface area (Å²) in [4.78, 5) is 0. The van der Waals surface area contributed by atoms with Crippen molar-refractivity contribution in [1.82, 2.24) is 0 Å². The molecule has 0 N–H and O–H groups in total. The van der Waals surface area contributed by atoms with Crippen LogP contribution < -0.4 is 0 Å². The van der Waals surface area contributed by atoms with E-state index in [4.69, 9.17) is 5.48 Å². The van der Waals surface area contributed by atoms with Gasteiger partial charge in [0.05, 0.1) is 11.0 Å². The summed E-state index contributed by atoms with van der Waals surface area (Å²) in [5.41, 5.74) is 3.84. The lowest BCUT2D eigenvalue weighted by molar-refractivity contribution is 1.61. The number of hydrogen-bond donors (Lipinski definition) is 0. The number of hydrogen-bond acceptors (Lipinski definition) is 1. The van der Waals surface area contributed by atoms with Crippen molar-refractivity contribution >= 4 is 74.6 Å². The van der Waals surface area contributed by atoms with E-state index < -0.39 is 24.2 Å². The van der Waals surface area contributed by atoms with Crippen LogP contribution in [0, 0.1) is 0 Å². The molecule has 1 heteroatoms. The maximum atomic E-state index is 9.49. The van der Waals surface area contributed by atoms with Gasteiger partial charge >= 0.3 is 0 Å². The van der Waals surface area contributed by atoms with E-state index in [0.29, 0.717) is 22.3 Å². The first-order chi connectivity index (χ1) is 26.7. The Hall–Kier alpha value is -5.76. The fourth-order valence-corrected chi connectivity index (χ4v) is 8.43. The minimum Gasteiger partial charge on any atom is -0.135 e. The molecular weight excluding hydrogens is 585 g/mol. The molecule has 0 nitrogen and oxygen atoms in total. The summed E-state index contributed by atoms with van der Waals surface area (Å²) in [6.45, 7) is 0. The van der Waals surface area contributed by atoms with E-state index in [2.05, 4.69) is 30.3 Å². The Bertz CT molecular complexity index is 3200. The summed E-state index contributed by atoms with van der Waals surface area (Å²) in [6, 6.07) is 37.3. The molecule has 0 bridgehead atoms. The van der Waals surface area contributed by atoms with E-state index in [1.54, 1.807) is 11.3 Å². The molecular formula is C46H28S. The van der Waals surface area contributed by atoms with Gasteiger partial charge in [0.25, 0.3) is 0 Å². The fraction of sp³-hybridized carbons (Fsp3) is 0. The molecule has 0 fully saturated rings. The molecule has 0 amide bonds. The van der Waals surface area contributed by atoms with Crippen LogP contribution in [0.25, 0.3) is 96.6 Å². The van der Waals surface area contributed by atoms with Crippen LogP contribution in [0.5, 0.6) is 0 Å². The van der Waals surface area contributed by atoms with Crippen LogP contribution in [-0.4, -0.2) is 0 Å². The van der Waals surface area contributed by atoms with Crippen LogP contribution in [0.4, 0.5) is 0 Å². The van der Waals surface area contributed by atoms with Crippen molar-refractivity contribution < 1.29 is 11.0 Å². The van der Waals surface area contributed by atoms with Gasteiger partial charge in [-0.15, -0.1) is 11.3 Å². The van der Waals surface area contributed by atoms with Gasteiger partial charge in [-0.1, -0.05) is 158 Å². The summed E-state index contributed by atoms with van der Waals surface area (Å²) >= 11 is 1.63. The number of fused-ring (bicyclic) bond motifs is 9. The van der Waals surface area contributed by atoms with Crippen molar-refractivity contribution in [2.45, 2.75) is 0 Å². The monoisotopic (exact) mass is 620 g/mol. The molecule has 0 radical (unpaired) electrons. The van der Waals surface area contributed by atoms with E-state index >= 15 is 0 Å². The number of benzene rings is 9. The van der Waals surface area contributed by atoms with Crippen molar-refractivity contribution in [3.8, 4) is 33.4 Å². The van der Waals surface area contributed by atoms with Crippen molar-refractivity contribution in [1.29, 1.82) is 0 Å². The Morgan fingerprint density at radius 2 is 0.915 bits per heavy atom. The molecule has 0 unspecified atom stereocenters. The van der Waals surface area contributed by atoms with Gasteiger partial charge in [0.1, 0.15) is 0 Å². The van der Waals surface area contributed by atoms with E-state index in [0.717, 1.165) is 52.8 Å². The van der Waals surface area contributed by atoms with E-state index in [9.17, 15) is 5.48 Å². The van der Waals surface area contributed by atoms with Crippen molar-refractivity contribution in [2.24, 2.45) is 0 Å². The molecule has 10 aromatic rings. The Morgan fingerprint density at radius 3 is 1.62 bits per heavy atom. The third kappa shape index (κ3) is 4.00. The molecule has 10 rings (SSSR count). The lowest BCUT2D eigenvalue weighted by atomic mass is 9.84. The third-order valence-electron chi connectivity index (χ3n) is 9.29. The van der Waals surface area contributed by atoms with Gasteiger partial charge in [0, 0.05) is 20.2 Å². The average Bonchev–Trinajstić information content (AvgIpc) is 3.62. The van der Waals surface area contributed by atoms with Crippen molar-refractivity contribution in [2.75, 3.05) is 0 Å². The first kappa shape index (κ1) is 19.7. The van der Waals surface area contributed by atoms with E-state index in [-0.39, 0.29) is 45.7 Å². The molecule has 0 spiro atoms. The fourth-order valence-electron chi connectivity index (χ4n) is 7.25. The lowest BCUT2D eigenvalue weighted by Crippen LogP contribution is -1.92. The normalized spacial score (nSPS) is 14.2. The van der Waals surface area contributed by atoms with Gasteiger partial charge in [0.2, 0.25) is 0 Å². The van der Waals surface area contributed by atoms with E-state index in [1.165, 1.54) is 0 Å². The highest BCUT2D eigenvalue weighted by molar-refractivity contribution is 7.26. The minimum absolute atomic E-state index is 0.206. The van der Waals surface area contributed by atoms with Crippen molar-refractivity contribution in [3.63, 3.8) is 0 Å². The highest BCUT2D eigenvalue weighted by atomic mass is 32.1. The molecule has 1 aromatic heterocycles.